The van der Waals surface area contributed by atoms with Gasteiger partial charge in [0.1, 0.15) is 11.6 Å². The van der Waals surface area contributed by atoms with Crippen LogP contribution in [0.25, 0.3) is 0 Å². The van der Waals surface area contributed by atoms with Crippen molar-refractivity contribution in [3.63, 3.8) is 0 Å². The SMILES string of the molecule is COCc1cc(CN2CCC[C@H](CCC(=O)Nc3ccccc3F)C2)ccc1OC. The quantitative estimate of drug-likeness (QED) is 0.651. The van der Waals surface area contributed by atoms with Crippen LogP contribution in [-0.4, -0.2) is 38.1 Å². The van der Waals surface area contributed by atoms with Crippen molar-refractivity contribution in [2.45, 2.75) is 38.8 Å². The summed E-state index contributed by atoms with van der Waals surface area (Å²) in [6.45, 7) is 3.43. The normalized spacial score (nSPS) is 17.0. The minimum atomic E-state index is -0.401. The largest absolute Gasteiger partial charge is 0.496 e. The number of methoxy groups -OCH3 is 2. The van der Waals surface area contributed by atoms with Gasteiger partial charge in [-0.15, -0.1) is 0 Å². The first kappa shape index (κ1) is 22.2. The number of carbonyl (C=O) groups excluding carboxylic acids is 1. The molecule has 30 heavy (non-hydrogen) atoms. The first-order chi connectivity index (χ1) is 14.6. The van der Waals surface area contributed by atoms with Crippen LogP contribution in [0.3, 0.4) is 0 Å². The maximum absolute atomic E-state index is 13.7. The van der Waals surface area contributed by atoms with Gasteiger partial charge in [0.15, 0.2) is 0 Å². The highest BCUT2D eigenvalue weighted by Gasteiger charge is 2.21. The average Bonchev–Trinajstić information content (AvgIpc) is 2.75. The van der Waals surface area contributed by atoms with Crippen LogP contribution >= 0.6 is 0 Å². The van der Waals surface area contributed by atoms with E-state index in [1.165, 1.54) is 11.6 Å². The summed E-state index contributed by atoms with van der Waals surface area (Å²) in [5.41, 5.74) is 2.54. The van der Waals surface area contributed by atoms with E-state index < -0.39 is 5.82 Å². The molecule has 5 nitrogen and oxygen atoms in total. The van der Waals surface area contributed by atoms with E-state index in [4.69, 9.17) is 9.47 Å². The first-order valence-electron chi connectivity index (χ1n) is 10.5. The Hall–Kier alpha value is -2.44. The van der Waals surface area contributed by atoms with Gasteiger partial charge in [0.2, 0.25) is 5.91 Å². The molecule has 1 saturated heterocycles. The predicted octanol–water partition coefficient (Wildman–Crippen LogP) is 4.61. The number of para-hydroxylation sites is 1. The molecule has 1 aliphatic rings. The Bertz CT molecular complexity index is 843. The second-order valence-corrected chi connectivity index (χ2v) is 7.89. The molecule has 1 N–H and O–H groups in total. The van der Waals surface area contributed by atoms with Gasteiger partial charge in [-0.2, -0.15) is 0 Å². The van der Waals surface area contributed by atoms with E-state index in [9.17, 15) is 9.18 Å². The zero-order valence-corrected chi connectivity index (χ0v) is 17.8. The number of benzene rings is 2. The number of nitrogens with zero attached hydrogens (tertiary/aromatic N) is 1. The summed E-state index contributed by atoms with van der Waals surface area (Å²) in [4.78, 5) is 14.7. The van der Waals surface area contributed by atoms with Gasteiger partial charge in [-0.25, -0.2) is 4.39 Å². The summed E-state index contributed by atoms with van der Waals surface area (Å²) >= 11 is 0. The van der Waals surface area contributed by atoms with Crippen LogP contribution in [0.1, 0.15) is 36.8 Å². The van der Waals surface area contributed by atoms with Crippen molar-refractivity contribution in [3.05, 3.63) is 59.4 Å². The summed E-state index contributed by atoms with van der Waals surface area (Å²) < 4.78 is 24.4. The molecular formula is C24H31FN2O3. The molecule has 0 aliphatic carbocycles. The number of carbonyl (C=O) groups is 1. The smallest absolute Gasteiger partial charge is 0.224 e. The number of piperidine rings is 1. The number of rotatable bonds is 9. The Morgan fingerprint density at radius 1 is 1.23 bits per heavy atom. The second kappa shape index (κ2) is 11.1. The van der Waals surface area contributed by atoms with E-state index in [0.29, 0.717) is 18.9 Å². The molecule has 3 rings (SSSR count). The van der Waals surface area contributed by atoms with Gasteiger partial charge >= 0.3 is 0 Å². The van der Waals surface area contributed by atoms with E-state index in [1.807, 2.05) is 6.07 Å². The summed E-state index contributed by atoms with van der Waals surface area (Å²) in [7, 11) is 3.36. The van der Waals surface area contributed by atoms with Crippen molar-refractivity contribution >= 4 is 11.6 Å². The molecule has 0 unspecified atom stereocenters. The van der Waals surface area contributed by atoms with Crippen LogP contribution in [0, 0.1) is 11.7 Å². The maximum atomic E-state index is 13.7. The number of hydrogen-bond acceptors (Lipinski definition) is 4. The van der Waals surface area contributed by atoms with Gasteiger partial charge < -0.3 is 14.8 Å². The molecule has 2 aromatic carbocycles. The lowest BCUT2D eigenvalue weighted by molar-refractivity contribution is -0.116. The molecule has 1 aliphatic heterocycles. The number of amides is 1. The Balaban J connectivity index is 1.50. The fourth-order valence-electron chi connectivity index (χ4n) is 4.10. The molecular weight excluding hydrogens is 383 g/mol. The van der Waals surface area contributed by atoms with Crippen LogP contribution in [0.15, 0.2) is 42.5 Å². The molecule has 162 valence electrons. The lowest BCUT2D eigenvalue weighted by Gasteiger charge is -2.33. The standard InChI is InChI=1S/C24H31FN2O3/c1-29-17-20-14-19(9-11-23(20)30-2)16-27-13-5-6-18(15-27)10-12-24(28)26-22-8-4-3-7-21(22)25/h3-4,7-9,11,14,18H,5-6,10,12-13,15-17H2,1-2H3,(H,26,28)/t18-/m1/s1. The van der Waals surface area contributed by atoms with Gasteiger partial charge in [-0.3, -0.25) is 9.69 Å². The molecule has 1 atom stereocenters. The van der Waals surface area contributed by atoms with Crippen molar-refractivity contribution in [2.75, 3.05) is 32.6 Å². The number of ether oxygens (including phenoxy) is 2. The fraction of sp³-hybridized carbons (Fsp3) is 0.458. The predicted molar refractivity (Wildman–Crippen MR) is 116 cm³/mol. The number of anilines is 1. The minimum absolute atomic E-state index is 0.128. The Labute approximate surface area is 178 Å². The van der Waals surface area contributed by atoms with E-state index in [-0.39, 0.29) is 11.6 Å². The average molecular weight is 415 g/mol. The van der Waals surface area contributed by atoms with Crippen LogP contribution in [0.4, 0.5) is 10.1 Å². The first-order valence-corrected chi connectivity index (χ1v) is 10.5. The third-order valence-corrected chi connectivity index (χ3v) is 5.58. The fourth-order valence-corrected chi connectivity index (χ4v) is 4.10. The Kier molecular flexibility index (Phi) is 8.22. The molecule has 0 aromatic heterocycles. The van der Waals surface area contributed by atoms with Gasteiger partial charge in [0.25, 0.3) is 0 Å². The second-order valence-electron chi connectivity index (χ2n) is 7.89. The molecule has 0 radical (unpaired) electrons. The highest BCUT2D eigenvalue weighted by molar-refractivity contribution is 5.90. The molecule has 0 spiro atoms. The van der Waals surface area contributed by atoms with Gasteiger partial charge in [0.05, 0.1) is 19.4 Å². The van der Waals surface area contributed by atoms with Crippen LogP contribution in [0.2, 0.25) is 0 Å². The summed E-state index contributed by atoms with van der Waals surface area (Å²) in [6.07, 6.45) is 3.48. The van der Waals surface area contributed by atoms with E-state index in [2.05, 4.69) is 22.3 Å². The third-order valence-electron chi connectivity index (χ3n) is 5.58. The van der Waals surface area contributed by atoms with Crippen molar-refractivity contribution in [1.82, 2.24) is 4.90 Å². The Morgan fingerprint density at radius 3 is 2.83 bits per heavy atom. The van der Waals surface area contributed by atoms with Crippen LogP contribution < -0.4 is 10.1 Å². The number of nitrogens with one attached hydrogen (secondary N) is 1. The lowest BCUT2D eigenvalue weighted by atomic mass is 9.93. The molecule has 1 heterocycles. The lowest BCUT2D eigenvalue weighted by Crippen LogP contribution is -2.35. The third kappa shape index (κ3) is 6.28. The molecule has 0 bridgehead atoms. The van der Waals surface area contributed by atoms with Crippen molar-refractivity contribution in [3.8, 4) is 5.75 Å². The topological polar surface area (TPSA) is 50.8 Å². The van der Waals surface area contributed by atoms with Gasteiger partial charge in [-0.05, 0) is 61.6 Å². The van der Waals surface area contributed by atoms with Crippen molar-refractivity contribution in [1.29, 1.82) is 0 Å². The number of likely N-dealkylation sites (tertiary alicyclic amines) is 1. The maximum Gasteiger partial charge on any atom is 0.224 e. The van der Waals surface area contributed by atoms with E-state index >= 15 is 0 Å². The van der Waals surface area contributed by atoms with Crippen LogP contribution in [0.5, 0.6) is 5.75 Å². The molecule has 1 amide bonds. The zero-order chi connectivity index (χ0) is 21.3. The number of halogens is 1. The minimum Gasteiger partial charge on any atom is -0.496 e. The molecule has 0 saturated carbocycles. The molecule has 6 heteroatoms. The van der Waals surface area contributed by atoms with E-state index in [1.54, 1.807) is 32.4 Å². The highest BCUT2D eigenvalue weighted by atomic mass is 19.1. The monoisotopic (exact) mass is 414 g/mol. The van der Waals surface area contributed by atoms with Crippen molar-refractivity contribution in [2.24, 2.45) is 5.92 Å². The molecule has 2 aromatic rings. The highest BCUT2D eigenvalue weighted by Crippen LogP contribution is 2.25. The van der Waals surface area contributed by atoms with Crippen LogP contribution in [-0.2, 0) is 22.7 Å². The number of hydrogen-bond donors (Lipinski definition) is 1. The molecule has 1 fully saturated rings. The van der Waals surface area contributed by atoms with Gasteiger partial charge in [-0.1, -0.05) is 18.2 Å². The van der Waals surface area contributed by atoms with E-state index in [0.717, 1.165) is 50.2 Å². The summed E-state index contributed by atoms with van der Waals surface area (Å²) in [5.74, 6) is 0.790. The summed E-state index contributed by atoms with van der Waals surface area (Å²) in [6, 6.07) is 12.5. The van der Waals surface area contributed by atoms with Crippen molar-refractivity contribution < 1.29 is 18.7 Å². The van der Waals surface area contributed by atoms with Gasteiger partial charge in [0, 0.05) is 32.2 Å². The Morgan fingerprint density at radius 2 is 2.07 bits per heavy atom. The zero-order valence-electron chi connectivity index (χ0n) is 17.8. The summed E-state index contributed by atoms with van der Waals surface area (Å²) in [5, 5.41) is 2.68.